The van der Waals surface area contributed by atoms with Crippen molar-refractivity contribution in [2.45, 2.75) is 26.4 Å². The van der Waals surface area contributed by atoms with Gasteiger partial charge in [0.1, 0.15) is 5.82 Å². The molecule has 0 aliphatic rings. The van der Waals surface area contributed by atoms with E-state index >= 15 is 0 Å². The predicted molar refractivity (Wildman–Crippen MR) is 83.6 cm³/mol. The Morgan fingerprint density at radius 2 is 1.85 bits per heavy atom. The van der Waals surface area contributed by atoms with Crippen LogP contribution >= 0.6 is 11.6 Å². The summed E-state index contributed by atoms with van der Waals surface area (Å²) in [4.78, 5) is 2.06. The van der Waals surface area contributed by atoms with Crippen LogP contribution in [-0.4, -0.2) is 6.04 Å². The lowest BCUT2D eigenvalue weighted by Gasteiger charge is -2.30. The Bertz CT molecular complexity index is 585. The Labute approximate surface area is 124 Å². The predicted octanol–water partition coefficient (Wildman–Crippen LogP) is 4.48. The molecule has 0 spiro atoms. The summed E-state index contributed by atoms with van der Waals surface area (Å²) in [6.07, 6.45) is 0. The minimum Gasteiger partial charge on any atom is -0.397 e. The zero-order valence-corrected chi connectivity index (χ0v) is 12.4. The highest BCUT2D eigenvalue weighted by molar-refractivity contribution is 6.31. The molecular formula is C16H18ClFN2. The van der Waals surface area contributed by atoms with E-state index in [1.807, 2.05) is 30.3 Å². The van der Waals surface area contributed by atoms with Gasteiger partial charge in [-0.25, -0.2) is 4.39 Å². The number of hydrogen-bond donors (Lipinski definition) is 1. The Morgan fingerprint density at radius 1 is 1.20 bits per heavy atom. The zero-order chi connectivity index (χ0) is 14.7. The van der Waals surface area contributed by atoms with Crippen LogP contribution < -0.4 is 10.6 Å². The first-order valence-electron chi connectivity index (χ1n) is 6.54. The number of nitrogens with zero attached hydrogens (tertiary/aromatic N) is 1. The van der Waals surface area contributed by atoms with Gasteiger partial charge in [-0.2, -0.15) is 0 Å². The normalized spacial score (nSPS) is 10.8. The molecule has 2 aromatic carbocycles. The molecule has 2 N–H and O–H groups in total. The van der Waals surface area contributed by atoms with Crippen molar-refractivity contribution in [2.75, 3.05) is 10.6 Å². The van der Waals surface area contributed by atoms with Gasteiger partial charge in [-0.05, 0) is 25.5 Å². The van der Waals surface area contributed by atoms with Crippen LogP contribution in [0.5, 0.6) is 0 Å². The van der Waals surface area contributed by atoms with Crippen LogP contribution in [0.2, 0.25) is 5.02 Å². The maximum atomic E-state index is 13.7. The monoisotopic (exact) mass is 292 g/mol. The van der Waals surface area contributed by atoms with Gasteiger partial charge in [0, 0.05) is 18.7 Å². The van der Waals surface area contributed by atoms with E-state index in [9.17, 15) is 4.39 Å². The smallest absolute Gasteiger partial charge is 0.144 e. The highest BCUT2D eigenvalue weighted by atomic mass is 35.5. The van der Waals surface area contributed by atoms with Crippen LogP contribution in [-0.2, 0) is 6.54 Å². The molecule has 0 aliphatic carbocycles. The standard InChI is InChI=1S/C16H18ClFN2/c1-11(2)20(10-12-6-4-3-5-7-12)16-9-14(18)13(17)8-15(16)19/h3-9,11H,10,19H2,1-2H3. The Morgan fingerprint density at radius 3 is 2.45 bits per heavy atom. The number of hydrogen-bond acceptors (Lipinski definition) is 2. The van der Waals surface area contributed by atoms with Gasteiger partial charge in [-0.3, -0.25) is 0 Å². The van der Waals surface area contributed by atoms with Crippen molar-refractivity contribution in [3.05, 3.63) is 58.9 Å². The number of benzene rings is 2. The molecule has 2 aromatic rings. The largest absolute Gasteiger partial charge is 0.397 e. The molecule has 0 saturated carbocycles. The van der Waals surface area contributed by atoms with Gasteiger partial charge in [0.2, 0.25) is 0 Å². The van der Waals surface area contributed by atoms with Gasteiger partial charge in [-0.1, -0.05) is 41.9 Å². The van der Waals surface area contributed by atoms with E-state index in [4.69, 9.17) is 17.3 Å². The first-order valence-corrected chi connectivity index (χ1v) is 6.92. The van der Waals surface area contributed by atoms with E-state index in [0.29, 0.717) is 17.9 Å². The van der Waals surface area contributed by atoms with Crippen LogP contribution in [0.25, 0.3) is 0 Å². The van der Waals surface area contributed by atoms with Crippen LogP contribution in [0, 0.1) is 5.82 Å². The topological polar surface area (TPSA) is 29.3 Å². The van der Waals surface area contributed by atoms with Gasteiger partial charge in [0.05, 0.1) is 16.4 Å². The maximum Gasteiger partial charge on any atom is 0.144 e. The fourth-order valence-electron chi connectivity index (χ4n) is 2.13. The minimum atomic E-state index is -0.449. The van der Waals surface area contributed by atoms with E-state index in [0.717, 1.165) is 5.56 Å². The van der Waals surface area contributed by atoms with Crippen LogP contribution in [0.1, 0.15) is 19.4 Å². The van der Waals surface area contributed by atoms with Crippen molar-refractivity contribution in [2.24, 2.45) is 0 Å². The fraction of sp³-hybridized carbons (Fsp3) is 0.250. The fourth-order valence-corrected chi connectivity index (χ4v) is 2.30. The molecule has 106 valence electrons. The SMILES string of the molecule is CC(C)N(Cc1ccccc1)c1cc(F)c(Cl)cc1N. The summed E-state index contributed by atoms with van der Waals surface area (Å²) in [5, 5.41) is 0.0506. The lowest BCUT2D eigenvalue weighted by atomic mass is 10.1. The first kappa shape index (κ1) is 14.7. The van der Waals surface area contributed by atoms with Gasteiger partial charge in [0.25, 0.3) is 0 Å². The molecule has 4 heteroatoms. The summed E-state index contributed by atoms with van der Waals surface area (Å²) in [5.74, 6) is -0.449. The summed E-state index contributed by atoms with van der Waals surface area (Å²) in [7, 11) is 0. The molecule has 0 atom stereocenters. The lowest BCUT2D eigenvalue weighted by molar-refractivity contribution is 0.623. The average molecular weight is 293 g/mol. The molecule has 2 nitrogen and oxygen atoms in total. The summed E-state index contributed by atoms with van der Waals surface area (Å²) in [5.41, 5.74) is 8.30. The third-order valence-corrected chi connectivity index (χ3v) is 3.49. The molecule has 0 fully saturated rings. The second-order valence-electron chi connectivity index (χ2n) is 5.03. The Kier molecular flexibility index (Phi) is 4.50. The highest BCUT2D eigenvalue weighted by Crippen LogP contribution is 2.31. The number of nitrogens with two attached hydrogens (primary N) is 1. The maximum absolute atomic E-state index is 13.7. The summed E-state index contributed by atoms with van der Waals surface area (Å²) in [6, 6.07) is 13.1. The van der Waals surface area contributed by atoms with Crippen molar-refractivity contribution in [3.8, 4) is 0 Å². The minimum absolute atomic E-state index is 0.0506. The van der Waals surface area contributed by atoms with E-state index in [1.165, 1.54) is 12.1 Å². The van der Waals surface area contributed by atoms with E-state index in [1.54, 1.807) is 0 Å². The second kappa shape index (κ2) is 6.14. The molecule has 0 saturated heterocycles. The number of anilines is 2. The van der Waals surface area contributed by atoms with Crippen LogP contribution in [0.3, 0.4) is 0 Å². The average Bonchev–Trinajstić information content (AvgIpc) is 2.41. The summed E-state index contributed by atoms with van der Waals surface area (Å²) >= 11 is 5.76. The molecule has 0 aromatic heterocycles. The zero-order valence-electron chi connectivity index (χ0n) is 11.6. The second-order valence-corrected chi connectivity index (χ2v) is 5.44. The van der Waals surface area contributed by atoms with Crippen molar-refractivity contribution in [1.82, 2.24) is 0 Å². The molecule has 0 amide bonds. The quantitative estimate of drug-likeness (QED) is 0.842. The molecule has 0 radical (unpaired) electrons. The van der Waals surface area contributed by atoms with E-state index < -0.39 is 5.82 Å². The van der Waals surface area contributed by atoms with Crippen molar-refractivity contribution < 1.29 is 4.39 Å². The third-order valence-electron chi connectivity index (χ3n) is 3.20. The molecule has 0 heterocycles. The van der Waals surface area contributed by atoms with E-state index in [-0.39, 0.29) is 11.1 Å². The van der Waals surface area contributed by atoms with Crippen molar-refractivity contribution in [1.29, 1.82) is 0 Å². The summed E-state index contributed by atoms with van der Waals surface area (Å²) in [6.45, 7) is 4.77. The molecular weight excluding hydrogens is 275 g/mol. The van der Waals surface area contributed by atoms with Crippen LogP contribution in [0.15, 0.2) is 42.5 Å². The molecule has 0 aliphatic heterocycles. The van der Waals surface area contributed by atoms with Crippen LogP contribution in [0.4, 0.5) is 15.8 Å². The van der Waals surface area contributed by atoms with E-state index in [2.05, 4.69) is 18.7 Å². The van der Waals surface area contributed by atoms with Gasteiger partial charge < -0.3 is 10.6 Å². The lowest BCUT2D eigenvalue weighted by Crippen LogP contribution is -2.31. The molecule has 20 heavy (non-hydrogen) atoms. The van der Waals surface area contributed by atoms with Gasteiger partial charge in [0.15, 0.2) is 0 Å². The van der Waals surface area contributed by atoms with Gasteiger partial charge in [-0.15, -0.1) is 0 Å². The summed E-state index contributed by atoms with van der Waals surface area (Å²) < 4.78 is 13.7. The number of rotatable bonds is 4. The molecule has 2 rings (SSSR count). The molecule has 0 unspecified atom stereocenters. The third kappa shape index (κ3) is 3.23. The van der Waals surface area contributed by atoms with Crippen molar-refractivity contribution >= 4 is 23.0 Å². The number of halogens is 2. The first-order chi connectivity index (χ1) is 9.49. The Hall–Kier alpha value is -1.74. The van der Waals surface area contributed by atoms with Gasteiger partial charge >= 0.3 is 0 Å². The van der Waals surface area contributed by atoms with Crippen molar-refractivity contribution in [3.63, 3.8) is 0 Å². The Balaban J connectivity index is 2.37. The highest BCUT2D eigenvalue weighted by Gasteiger charge is 2.16. The molecule has 0 bridgehead atoms. The number of nitrogen functional groups attached to an aromatic ring is 1.